The molecule has 2 heterocycles. The molecule has 24 heavy (non-hydrogen) atoms. The molecule has 4 N–H and O–H groups in total. The lowest BCUT2D eigenvalue weighted by atomic mass is 10.2. The SMILES string of the molecule is Cl.NC(=O)c1ccn(-c2ccccc2NC(=O)C2CNCCO2)n1. The lowest BCUT2D eigenvalue weighted by molar-refractivity contribution is -0.128. The summed E-state index contributed by atoms with van der Waals surface area (Å²) < 4.78 is 6.93. The van der Waals surface area contributed by atoms with Crippen LogP contribution in [0, 0.1) is 0 Å². The zero-order valence-corrected chi connectivity index (χ0v) is 13.6. The van der Waals surface area contributed by atoms with Crippen LogP contribution in [0.25, 0.3) is 5.69 Å². The summed E-state index contributed by atoms with van der Waals surface area (Å²) in [4.78, 5) is 23.5. The van der Waals surface area contributed by atoms with Gasteiger partial charge in [0.2, 0.25) is 0 Å². The normalized spacial score (nSPS) is 16.9. The summed E-state index contributed by atoms with van der Waals surface area (Å²) in [6.45, 7) is 1.71. The largest absolute Gasteiger partial charge is 0.366 e. The van der Waals surface area contributed by atoms with Crippen molar-refractivity contribution in [2.45, 2.75) is 6.10 Å². The fourth-order valence-corrected chi connectivity index (χ4v) is 2.32. The summed E-state index contributed by atoms with van der Waals surface area (Å²) >= 11 is 0. The van der Waals surface area contributed by atoms with E-state index in [1.165, 1.54) is 10.7 Å². The van der Waals surface area contributed by atoms with E-state index in [1.54, 1.807) is 24.4 Å². The molecule has 2 aromatic rings. The van der Waals surface area contributed by atoms with Crippen molar-refractivity contribution in [3.8, 4) is 5.69 Å². The number of para-hydroxylation sites is 2. The topological polar surface area (TPSA) is 111 Å². The molecular weight excluding hydrogens is 334 g/mol. The Hall–Kier alpha value is -2.42. The minimum absolute atomic E-state index is 0. The number of hydrogen-bond donors (Lipinski definition) is 3. The molecule has 0 radical (unpaired) electrons. The first-order valence-corrected chi connectivity index (χ1v) is 7.23. The predicted octanol–water partition coefficient (Wildman–Crippen LogP) is 0.320. The highest BCUT2D eigenvalue weighted by molar-refractivity contribution is 5.96. The minimum Gasteiger partial charge on any atom is -0.366 e. The summed E-state index contributed by atoms with van der Waals surface area (Å²) in [7, 11) is 0. The van der Waals surface area contributed by atoms with Crippen LogP contribution in [0.5, 0.6) is 0 Å². The van der Waals surface area contributed by atoms with Gasteiger partial charge in [0.25, 0.3) is 11.8 Å². The fourth-order valence-electron chi connectivity index (χ4n) is 2.32. The smallest absolute Gasteiger partial charge is 0.269 e. The molecule has 0 aliphatic carbocycles. The Labute approximate surface area is 144 Å². The number of aromatic nitrogens is 2. The van der Waals surface area contributed by atoms with Gasteiger partial charge in [0.05, 0.1) is 18.0 Å². The molecule has 0 saturated carbocycles. The van der Waals surface area contributed by atoms with Gasteiger partial charge < -0.3 is 21.1 Å². The molecule has 9 heteroatoms. The lowest BCUT2D eigenvalue weighted by Crippen LogP contribution is -2.45. The molecule has 1 aliphatic rings. The van der Waals surface area contributed by atoms with Crippen LogP contribution in [0.3, 0.4) is 0 Å². The number of amides is 2. The van der Waals surface area contributed by atoms with Crippen molar-refractivity contribution in [2.75, 3.05) is 25.0 Å². The summed E-state index contributed by atoms with van der Waals surface area (Å²) in [6.07, 6.45) is 1.08. The number of hydrogen-bond acceptors (Lipinski definition) is 5. The van der Waals surface area contributed by atoms with Crippen molar-refractivity contribution < 1.29 is 14.3 Å². The van der Waals surface area contributed by atoms with Gasteiger partial charge in [0.1, 0.15) is 11.8 Å². The van der Waals surface area contributed by atoms with Crippen LogP contribution in [0.2, 0.25) is 0 Å². The zero-order chi connectivity index (χ0) is 16.2. The van der Waals surface area contributed by atoms with Crippen LogP contribution in [0.4, 0.5) is 5.69 Å². The molecule has 1 aliphatic heterocycles. The maximum atomic E-state index is 12.3. The molecule has 1 aromatic heterocycles. The Morgan fingerprint density at radius 1 is 1.33 bits per heavy atom. The van der Waals surface area contributed by atoms with Crippen molar-refractivity contribution in [3.63, 3.8) is 0 Å². The van der Waals surface area contributed by atoms with E-state index in [9.17, 15) is 9.59 Å². The fraction of sp³-hybridized carbons (Fsp3) is 0.267. The van der Waals surface area contributed by atoms with Crippen molar-refractivity contribution in [3.05, 3.63) is 42.2 Å². The maximum Gasteiger partial charge on any atom is 0.269 e. The zero-order valence-electron chi connectivity index (χ0n) is 12.8. The van der Waals surface area contributed by atoms with Crippen molar-refractivity contribution in [1.82, 2.24) is 15.1 Å². The highest BCUT2D eigenvalue weighted by Crippen LogP contribution is 2.20. The first-order valence-electron chi connectivity index (χ1n) is 7.23. The molecule has 3 rings (SSSR count). The van der Waals surface area contributed by atoms with Gasteiger partial charge in [0.15, 0.2) is 0 Å². The summed E-state index contributed by atoms with van der Waals surface area (Å²) in [5.41, 5.74) is 6.58. The second-order valence-electron chi connectivity index (χ2n) is 5.08. The van der Waals surface area contributed by atoms with E-state index in [0.717, 1.165) is 6.54 Å². The van der Waals surface area contributed by atoms with Gasteiger partial charge >= 0.3 is 0 Å². The van der Waals surface area contributed by atoms with Gasteiger partial charge in [-0.2, -0.15) is 5.10 Å². The van der Waals surface area contributed by atoms with Crippen LogP contribution < -0.4 is 16.4 Å². The second kappa shape index (κ2) is 7.91. The van der Waals surface area contributed by atoms with Crippen LogP contribution in [-0.4, -0.2) is 47.4 Å². The van der Waals surface area contributed by atoms with E-state index in [2.05, 4.69) is 15.7 Å². The molecular formula is C15H18ClN5O3. The number of nitrogens with one attached hydrogen (secondary N) is 2. The third kappa shape index (κ3) is 3.91. The Kier molecular flexibility index (Phi) is 5.91. The van der Waals surface area contributed by atoms with Gasteiger partial charge in [-0.1, -0.05) is 12.1 Å². The first kappa shape index (κ1) is 17.9. The number of carbonyl (C=O) groups is 2. The molecule has 1 aromatic carbocycles. The standard InChI is InChI=1S/C15H17N5O3.ClH/c16-14(21)11-5-7-20(19-11)12-4-2-1-3-10(12)18-15(22)13-9-17-6-8-23-13;/h1-5,7,13,17H,6,8-9H2,(H2,16,21)(H,18,22);1H. The van der Waals surface area contributed by atoms with Crippen LogP contribution in [0.1, 0.15) is 10.5 Å². The van der Waals surface area contributed by atoms with E-state index in [0.29, 0.717) is 24.5 Å². The number of primary amides is 1. The number of morpholine rings is 1. The van der Waals surface area contributed by atoms with E-state index in [4.69, 9.17) is 10.5 Å². The number of ether oxygens (including phenoxy) is 1. The van der Waals surface area contributed by atoms with Crippen LogP contribution in [0.15, 0.2) is 36.5 Å². The molecule has 1 fully saturated rings. The number of anilines is 1. The van der Waals surface area contributed by atoms with E-state index in [1.807, 2.05) is 6.07 Å². The van der Waals surface area contributed by atoms with E-state index in [-0.39, 0.29) is 24.0 Å². The Bertz CT molecular complexity index is 727. The number of rotatable bonds is 4. The molecule has 1 unspecified atom stereocenters. The molecule has 2 amide bonds. The third-order valence-corrected chi connectivity index (χ3v) is 3.47. The van der Waals surface area contributed by atoms with Gasteiger partial charge in [-0.15, -0.1) is 12.4 Å². The molecule has 0 bridgehead atoms. The van der Waals surface area contributed by atoms with E-state index >= 15 is 0 Å². The molecule has 1 saturated heterocycles. The summed E-state index contributed by atoms with van der Waals surface area (Å²) in [5, 5.41) is 10.1. The second-order valence-corrected chi connectivity index (χ2v) is 5.08. The molecule has 8 nitrogen and oxygen atoms in total. The first-order chi connectivity index (χ1) is 11.1. The quantitative estimate of drug-likeness (QED) is 0.734. The average molecular weight is 352 g/mol. The molecule has 1 atom stereocenters. The Balaban J connectivity index is 0.00000208. The van der Waals surface area contributed by atoms with Crippen molar-refractivity contribution in [2.24, 2.45) is 5.73 Å². The van der Waals surface area contributed by atoms with Crippen molar-refractivity contribution in [1.29, 1.82) is 0 Å². The number of carbonyl (C=O) groups excluding carboxylic acids is 2. The third-order valence-electron chi connectivity index (χ3n) is 3.47. The summed E-state index contributed by atoms with van der Waals surface area (Å²) in [6, 6.07) is 8.68. The predicted molar refractivity (Wildman–Crippen MR) is 90.6 cm³/mol. The Morgan fingerprint density at radius 3 is 2.79 bits per heavy atom. The highest BCUT2D eigenvalue weighted by Gasteiger charge is 2.22. The molecule has 0 spiro atoms. The number of nitrogens with two attached hydrogens (primary N) is 1. The van der Waals surface area contributed by atoms with Gasteiger partial charge in [-0.05, 0) is 18.2 Å². The molecule has 128 valence electrons. The monoisotopic (exact) mass is 351 g/mol. The number of halogens is 1. The Morgan fingerprint density at radius 2 is 2.12 bits per heavy atom. The maximum absolute atomic E-state index is 12.3. The number of nitrogens with zero attached hydrogens (tertiary/aromatic N) is 2. The minimum atomic E-state index is -0.605. The number of benzene rings is 1. The van der Waals surface area contributed by atoms with Gasteiger partial charge in [0, 0.05) is 19.3 Å². The van der Waals surface area contributed by atoms with Crippen LogP contribution >= 0.6 is 12.4 Å². The summed E-state index contributed by atoms with van der Waals surface area (Å²) in [5.74, 6) is -0.834. The van der Waals surface area contributed by atoms with Crippen molar-refractivity contribution >= 4 is 29.9 Å². The van der Waals surface area contributed by atoms with Gasteiger partial charge in [-0.25, -0.2) is 4.68 Å². The van der Waals surface area contributed by atoms with Crippen LogP contribution in [-0.2, 0) is 9.53 Å². The highest BCUT2D eigenvalue weighted by atomic mass is 35.5. The van der Waals surface area contributed by atoms with Gasteiger partial charge in [-0.3, -0.25) is 9.59 Å². The lowest BCUT2D eigenvalue weighted by Gasteiger charge is -2.23. The van der Waals surface area contributed by atoms with E-state index < -0.39 is 12.0 Å². The average Bonchev–Trinajstić information content (AvgIpc) is 3.06.